The number of carbonyl (C=O) groups excluding carboxylic acids is 2. The van der Waals surface area contributed by atoms with Crippen LogP contribution in [0.3, 0.4) is 0 Å². The third-order valence-corrected chi connectivity index (χ3v) is 16.0. The van der Waals surface area contributed by atoms with Crippen LogP contribution in [0.1, 0.15) is 98.8 Å². The van der Waals surface area contributed by atoms with Crippen LogP contribution >= 0.6 is 0 Å². The second kappa shape index (κ2) is 19.3. The van der Waals surface area contributed by atoms with E-state index in [4.69, 9.17) is 4.74 Å². The fraction of sp³-hybridized carbons (Fsp3) is 0.480. The van der Waals surface area contributed by atoms with Crippen molar-refractivity contribution in [2.24, 2.45) is 5.41 Å². The fourth-order valence-corrected chi connectivity index (χ4v) is 11.8. The number of piperidine rings is 2. The lowest BCUT2D eigenvalue weighted by Gasteiger charge is -2.56. The Kier molecular flexibility index (Phi) is 13.4. The van der Waals surface area contributed by atoms with Crippen molar-refractivity contribution in [3.63, 3.8) is 0 Å². The lowest BCUT2D eigenvalue weighted by Crippen LogP contribution is -2.55. The molecule has 1 unspecified atom stereocenters. The maximum Gasteiger partial charge on any atom is 0.293 e. The van der Waals surface area contributed by atoms with Crippen LogP contribution in [0.15, 0.2) is 84.1 Å². The summed E-state index contributed by atoms with van der Waals surface area (Å²) in [6.07, 6.45) is 11.6. The number of H-pyrrole nitrogens is 1. The van der Waals surface area contributed by atoms with Crippen molar-refractivity contribution in [2.75, 3.05) is 70.1 Å². The summed E-state index contributed by atoms with van der Waals surface area (Å²) in [7, 11) is -1.16. The Hall–Kier alpha value is -6.18. The molecule has 4 aliphatic rings. The van der Waals surface area contributed by atoms with E-state index in [1.807, 2.05) is 10.8 Å². The van der Waals surface area contributed by atoms with Gasteiger partial charge in [0.05, 0.1) is 34.4 Å². The van der Waals surface area contributed by atoms with Crippen LogP contribution in [0.4, 0.5) is 21.5 Å². The summed E-state index contributed by atoms with van der Waals surface area (Å²) < 4.78 is 51.7. The van der Waals surface area contributed by atoms with Crippen molar-refractivity contribution in [2.45, 2.75) is 93.8 Å². The van der Waals surface area contributed by atoms with E-state index in [0.717, 1.165) is 62.8 Å². The zero-order valence-electron chi connectivity index (χ0n) is 39.6. The molecule has 19 heteroatoms. The number of likely N-dealkylation sites (tertiary alicyclic amines) is 2. The number of ether oxygens (including phenoxy) is 1. The van der Waals surface area contributed by atoms with Gasteiger partial charge in [-0.05, 0) is 106 Å². The topological polar surface area (TPSA) is 199 Å². The molecule has 4 fully saturated rings. The number of anilines is 2. The number of sulfonamides is 1. The van der Waals surface area contributed by atoms with Gasteiger partial charge in [0, 0.05) is 81.4 Å². The van der Waals surface area contributed by atoms with Crippen LogP contribution in [0.5, 0.6) is 11.5 Å². The molecule has 2 aromatic carbocycles. The number of nitrogens with one attached hydrogen (secondary N) is 3. The first-order valence-electron chi connectivity index (χ1n) is 23.9. The van der Waals surface area contributed by atoms with Gasteiger partial charge in [-0.1, -0.05) is 38.1 Å². The number of nitro groups is 1. The third kappa shape index (κ3) is 10.3. The molecule has 17 nitrogen and oxygen atoms in total. The number of rotatable bonds is 15. The molecular formula is C50H61FN10O7S. The monoisotopic (exact) mass is 964 g/mol. The summed E-state index contributed by atoms with van der Waals surface area (Å²) >= 11 is 0. The number of amides is 2. The molecule has 0 bridgehead atoms. The predicted octanol–water partition coefficient (Wildman–Crippen LogP) is 7.79. The number of nitro benzene ring substituents is 1. The molecular weight excluding hydrogens is 904 g/mol. The number of benzene rings is 2. The molecule has 3 aromatic heterocycles. The highest BCUT2D eigenvalue weighted by Crippen LogP contribution is 2.54. The van der Waals surface area contributed by atoms with Gasteiger partial charge in [0.15, 0.2) is 11.4 Å². The second-order valence-corrected chi connectivity index (χ2v) is 21.6. The lowest BCUT2D eigenvalue weighted by atomic mass is 9.59. The van der Waals surface area contributed by atoms with Crippen molar-refractivity contribution in [3.8, 4) is 11.5 Å². The van der Waals surface area contributed by atoms with Crippen molar-refractivity contribution >= 4 is 49.9 Å². The first-order chi connectivity index (χ1) is 33.0. The minimum absolute atomic E-state index is 0.00112. The SMILES string of the molecule is CC(C)c1ccccc1C1CCCN1C1CC2(CCN(c3cnc(C(=O)NS(=O)(=O)c4ccc(NCC5(F)CCN(C(=O)CN(C)C)CC5)c([N+](=O)[O-])c4)c(Oc4cnc5[nH]ccc5c4)c3)CC2)C1. The van der Waals surface area contributed by atoms with E-state index in [0.29, 0.717) is 35.1 Å². The normalized spacial score (nSPS) is 19.6. The molecule has 69 heavy (non-hydrogen) atoms. The Balaban J connectivity index is 0.879. The number of nitrogens with zero attached hydrogens (tertiary/aromatic N) is 7. The van der Waals surface area contributed by atoms with Crippen LogP contribution in [0.2, 0.25) is 0 Å². The molecule has 6 heterocycles. The van der Waals surface area contributed by atoms with Gasteiger partial charge in [-0.15, -0.1) is 0 Å². The highest BCUT2D eigenvalue weighted by atomic mass is 32.2. The molecule has 0 radical (unpaired) electrons. The highest BCUT2D eigenvalue weighted by Gasteiger charge is 2.50. The second-order valence-electron chi connectivity index (χ2n) is 20.0. The zero-order valence-corrected chi connectivity index (χ0v) is 40.4. The Bertz CT molecular complexity index is 2830. The Labute approximate surface area is 402 Å². The number of hydrogen-bond acceptors (Lipinski definition) is 13. The Morgan fingerprint density at radius 3 is 2.46 bits per heavy atom. The molecule has 3 N–H and O–H groups in total. The zero-order chi connectivity index (χ0) is 48.7. The summed E-state index contributed by atoms with van der Waals surface area (Å²) in [6, 6.07) is 18.3. The van der Waals surface area contributed by atoms with Crippen molar-refractivity contribution < 1.29 is 32.1 Å². The fourth-order valence-electron chi connectivity index (χ4n) is 10.8. The van der Waals surface area contributed by atoms with Crippen LogP contribution < -0.4 is 19.7 Å². The maximum absolute atomic E-state index is 15.9. The molecule has 5 aromatic rings. The quantitative estimate of drug-likeness (QED) is 0.0679. The number of hydrogen-bond donors (Lipinski definition) is 3. The van der Waals surface area contributed by atoms with Crippen molar-refractivity contribution in [3.05, 3.63) is 106 Å². The number of carbonyl (C=O) groups is 2. The van der Waals surface area contributed by atoms with E-state index in [1.54, 1.807) is 48.4 Å². The number of fused-ring (bicyclic) bond motifs is 1. The van der Waals surface area contributed by atoms with Gasteiger partial charge in [-0.3, -0.25) is 24.6 Å². The van der Waals surface area contributed by atoms with E-state index in [2.05, 4.69) is 68.2 Å². The molecule has 2 amide bonds. The molecule has 9 rings (SSSR count). The third-order valence-electron chi connectivity index (χ3n) is 14.7. The minimum Gasteiger partial charge on any atom is -0.453 e. The summed E-state index contributed by atoms with van der Waals surface area (Å²) in [5, 5.41) is 15.8. The minimum atomic E-state index is -4.71. The van der Waals surface area contributed by atoms with Crippen molar-refractivity contribution in [1.29, 1.82) is 0 Å². The maximum atomic E-state index is 15.9. The van der Waals surface area contributed by atoms with Gasteiger partial charge < -0.3 is 29.7 Å². The summed E-state index contributed by atoms with van der Waals surface area (Å²) in [5.41, 5.74) is 1.72. The largest absolute Gasteiger partial charge is 0.453 e. The van der Waals surface area contributed by atoms with E-state index < -0.39 is 37.1 Å². The number of halogens is 1. The van der Waals surface area contributed by atoms with Gasteiger partial charge in [0.25, 0.3) is 21.6 Å². The first kappa shape index (κ1) is 47.9. The number of pyridine rings is 2. The molecule has 1 aliphatic carbocycles. The molecule has 1 spiro atoms. The van der Waals surface area contributed by atoms with E-state index in [-0.39, 0.29) is 67.5 Å². The average molecular weight is 965 g/mol. The van der Waals surface area contributed by atoms with Crippen molar-refractivity contribution in [1.82, 2.24) is 34.4 Å². The van der Waals surface area contributed by atoms with Gasteiger partial charge >= 0.3 is 0 Å². The van der Waals surface area contributed by atoms with Crippen LogP contribution in [0.25, 0.3) is 11.0 Å². The average Bonchev–Trinajstić information content (AvgIpc) is 4.00. The number of alkyl halides is 1. The first-order valence-corrected chi connectivity index (χ1v) is 25.4. The van der Waals surface area contributed by atoms with Gasteiger partial charge in [-0.25, -0.2) is 27.5 Å². The van der Waals surface area contributed by atoms with Crippen LogP contribution in [-0.2, 0) is 14.8 Å². The van der Waals surface area contributed by atoms with Gasteiger partial charge in [-0.2, -0.15) is 0 Å². The van der Waals surface area contributed by atoms with E-state index in [9.17, 15) is 28.1 Å². The van der Waals surface area contributed by atoms with Gasteiger partial charge in [0.1, 0.15) is 22.8 Å². The number of aromatic nitrogens is 3. The molecule has 3 aliphatic heterocycles. The molecule has 1 saturated carbocycles. The van der Waals surface area contributed by atoms with E-state index >= 15 is 4.39 Å². The summed E-state index contributed by atoms with van der Waals surface area (Å²) in [5.74, 6) is -0.448. The highest BCUT2D eigenvalue weighted by molar-refractivity contribution is 7.90. The molecule has 366 valence electrons. The summed E-state index contributed by atoms with van der Waals surface area (Å²) in [6.45, 7) is 7.52. The predicted molar refractivity (Wildman–Crippen MR) is 261 cm³/mol. The Morgan fingerprint density at radius 2 is 1.74 bits per heavy atom. The number of aromatic amines is 1. The standard InChI is InChI=1S/C50H61FN10O7S/c1-33(2)39-8-5-6-9-40(39)42-10-7-19-60(42)36-27-49(28-36)14-20-58(21-15-49)35-25-44(68-37-24-34-13-18-52-47(34)54-30-37)46(53-29-35)48(63)56-69(66,67)38-11-12-41(43(26-38)61(64)65)55-32-50(51)16-22-59(23-17-50)45(62)31-57(3)4/h5-6,8-9,11-13,18,24-26,29-30,33,36,42,55H,7,10,14-17,19-23,27-28,31-32H2,1-4H3,(H,52,54)(H,56,63). The van der Waals surface area contributed by atoms with Crippen LogP contribution in [0, 0.1) is 15.5 Å². The lowest BCUT2D eigenvalue weighted by molar-refractivity contribution is -0.384. The van der Waals surface area contributed by atoms with E-state index in [1.165, 1.54) is 36.2 Å². The Morgan fingerprint density at radius 1 is 0.986 bits per heavy atom. The molecule has 1 atom stereocenters. The smallest absolute Gasteiger partial charge is 0.293 e. The summed E-state index contributed by atoms with van der Waals surface area (Å²) in [4.78, 5) is 57.6. The molecule has 3 saturated heterocycles. The van der Waals surface area contributed by atoms with Gasteiger partial charge in [0.2, 0.25) is 5.91 Å². The van der Waals surface area contributed by atoms with Crippen LogP contribution in [-0.4, -0.2) is 126 Å². The number of likely N-dealkylation sites (N-methyl/N-ethyl adjacent to an activating group) is 1.